The first-order valence-electron chi connectivity index (χ1n) is 7.31. The van der Waals surface area contributed by atoms with Crippen molar-refractivity contribution in [1.29, 1.82) is 0 Å². The number of aromatic nitrogens is 1. The zero-order valence-corrected chi connectivity index (χ0v) is 13.9. The molecule has 1 aromatic rings. The van der Waals surface area contributed by atoms with E-state index in [2.05, 4.69) is 37.2 Å². The maximum Gasteiger partial charge on any atom is 0.329 e. The molecule has 0 aromatic carbocycles. The van der Waals surface area contributed by atoms with Gasteiger partial charge in [-0.1, -0.05) is 6.08 Å². The minimum Gasteiger partial charge on any atom is -0.343 e. The molecule has 0 radical (unpaired) electrons. The number of rotatable bonds is 3. The van der Waals surface area contributed by atoms with Crippen molar-refractivity contribution < 1.29 is 9.59 Å². The van der Waals surface area contributed by atoms with E-state index in [0.29, 0.717) is 5.70 Å². The van der Waals surface area contributed by atoms with E-state index < -0.39 is 6.03 Å². The van der Waals surface area contributed by atoms with Gasteiger partial charge >= 0.3 is 6.03 Å². The van der Waals surface area contributed by atoms with Gasteiger partial charge in [0.05, 0.1) is 0 Å². The topological polar surface area (TPSA) is 54.3 Å². The van der Waals surface area contributed by atoms with Crippen LogP contribution in [-0.4, -0.2) is 28.0 Å². The predicted octanol–water partition coefficient (Wildman–Crippen LogP) is 2.94. The molecular formula is C17H23N3O2. The fourth-order valence-corrected chi connectivity index (χ4v) is 2.99. The molecule has 0 spiro atoms. The van der Waals surface area contributed by atoms with Gasteiger partial charge in [0.2, 0.25) is 0 Å². The lowest BCUT2D eigenvalue weighted by Gasteiger charge is -2.25. The third-order valence-electron chi connectivity index (χ3n) is 3.71. The zero-order chi connectivity index (χ0) is 16.7. The number of amides is 3. The molecule has 1 aliphatic heterocycles. The minimum atomic E-state index is -0.402. The summed E-state index contributed by atoms with van der Waals surface area (Å²) in [4.78, 5) is 25.2. The lowest BCUT2D eigenvalue weighted by Crippen LogP contribution is -2.30. The van der Waals surface area contributed by atoms with Crippen LogP contribution in [0.2, 0.25) is 0 Å². The second-order valence-corrected chi connectivity index (χ2v) is 6.53. The smallest absolute Gasteiger partial charge is 0.329 e. The van der Waals surface area contributed by atoms with Crippen LogP contribution in [0.25, 0.3) is 6.08 Å². The Labute approximate surface area is 131 Å². The quantitative estimate of drug-likeness (QED) is 0.530. The SMILES string of the molecule is C=CCN1C(=O)N/C(=C/c2cc(C)n(C(C)(C)C)c2C)C1=O. The Bertz CT molecular complexity index is 675. The number of imide groups is 1. The van der Waals surface area contributed by atoms with Crippen LogP contribution < -0.4 is 5.32 Å². The molecule has 0 unspecified atom stereocenters. The van der Waals surface area contributed by atoms with Crippen LogP contribution in [0.4, 0.5) is 4.79 Å². The predicted molar refractivity (Wildman–Crippen MR) is 87.3 cm³/mol. The largest absolute Gasteiger partial charge is 0.343 e. The average Bonchev–Trinajstić information content (AvgIpc) is 2.81. The average molecular weight is 301 g/mol. The van der Waals surface area contributed by atoms with E-state index in [9.17, 15) is 9.59 Å². The summed E-state index contributed by atoms with van der Waals surface area (Å²) in [5.74, 6) is -0.314. The molecule has 1 aromatic heterocycles. The molecule has 1 fully saturated rings. The first kappa shape index (κ1) is 16.1. The number of hydrogen-bond acceptors (Lipinski definition) is 2. The Hall–Kier alpha value is -2.30. The van der Waals surface area contributed by atoms with Crippen LogP contribution in [0.5, 0.6) is 0 Å². The van der Waals surface area contributed by atoms with Gasteiger partial charge in [-0.05, 0) is 52.3 Å². The van der Waals surface area contributed by atoms with Gasteiger partial charge < -0.3 is 9.88 Å². The fourth-order valence-electron chi connectivity index (χ4n) is 2.99. The van der Waals surface area contributed by atoms with E-state index in [0.717, 1.165) is 21.9 Å². The molecule has 0 bridgehead atoms. The van der Waals surface area contributed by atoms with Crippen molar-refractivity contribution in [3.63, 3.8) is 0 Å². The maximum absolute atomic E-state index is 12.2. The van der Waals surface area contributed by atoms with E-state index in [1.165, 1.54) is 6.08 Å². The van der Waals surface area contributed by atoms with Crippen molar-refractivity contribution in [3.8, 4) is 0 Å². The van der Waals surface area contributed by atoms with Crippen molar-refractivity contribution in [2.24, 2.45) is 0 Å². The van der Waals surface area contributed by atoms with Crippen molar-refractivity contribution in [2.75, 3.05) is 6.54 Å². The monoisotopic (exact) mass is 301 g/mol. The minimum absolute atomic E-state index is 0.0390. The Morgan fingerprint density at radius 1 is 1.27 bits per heavy atom. The molecule has 2 rings (SSSR count). The number of nitrogens with one attached hydrogen (secondary N) is 1. The molecule has 3 amide bonds. The van der Waals surface area contributed by atoms with Crippen LogP contribution in [0.15, 0.2) is 24.4 Å². The van der Waals surface area contributed by atoms with E-state index in [1.54, 1.807) is 6.08 Å². The molecule has 1 saturated heterocycles. The van der Waals surface area contributed by atoms with Crippen molar-refractivity contribution in [1.82, 2.24) is 14.8 Å². The van der Waals surface area contributed by atoms with E-state index >= 15 is 0 Å². The summed E-state index contributed by atoms with van der Waals surface area (Å²) in [6, 6.07) is 1.63. The Morgan fingerprint density at radius 3 is 2.41 bits per heavy atom. The number of carbonyl (C=O) groups excluding carboxylic acids is 2. The molecule has 2 heterocycles. The molecule has 1 N–H and O–H groups in total. The third kappa shape index (κ3) is 2.71. The van der Waals surface area contributed by atoms with Gasteiger partial charge in [-0.2, -0.15) is 0 Å². The van der Waals surface area contributed by atoms with Crippen LogP contribution in [0.3, 0.4) is 0 Å². The highest BCUT2D eigenvalue weighted by Gasteiger charge is 2.32. The first-order valence-corrected chi connectivity index (χ1v) is 7.31. The number of hydrogen-bond donors (Lipinski definition) is 1. The molecule has 0 saturated carbocycles. The maximum atomic E-state index is 12.2. The molecule has 0 aliphatic carbocycles. The lowest BCUT2D eigenvalue weighted by atomic mass is 10.1. The Kier molecular flexibility index (Phi) is 4.00. The van der Waals surface area contributed by atoms with E-state index in [-0.39, 0.29) is 18.0 Å². The molecular weight excluding hydrogens is 278 g/mol. The summed E-state index contributed by atoms with van der Waals surface area (Å²) in [6.07, 6.45) is 3.28. The normalized spacial score (nSPS) is 17.3. The summed E-state index contributed by atoms with van der Waals surface area (Å²) in [5, 5.41) is 2.62. The number of nitrogens with zero attached hydrogens (tertiary/aromatic N) is 2. The highest BCUT2D eigenvalue weighted by molar-refractivity contribution is 6.14. The highest BCUT2D eigenvalue weighted by atomic mass is 16.2. The van der Waals surface area contributed by atoms with Crippen molar-refractivity contribution >= 4 is 18.0 Å². The highest BCUT2D eigenvalue weighted by Crippen LogP contribution is 2.26. The summed E-state index contributed by atoms with van der Waals surface area (Å²) < 4.78 is 2.22. The first-order chi connectivity index (χ1) is 10.2. The Balaban J connectivity index is 2.41. The van der Waals surface area contributed by atoms with E-state index in [1.807, 2.05) is 19.9 Å². The third-order valence-corrected chi connectivity index (χ3v) is 3.71. The van der Waals surface area contributed by atoms with Crippen LogP contribution in [-0.2, 0) is 10.3 Å². The van der Waals surface area contributed by atoms with Gasteiger partial charge in [0.1, 0.15) is 5.70 Å². The molecule has 0 atom stereocenters. The number of carbonyl (C=O) groups is 2. The zero-order valence-electron chi connectivity index (χ0n) is 13.9. The molecule has 22 heavy (non-hydrogen) atoms. The molecule has 5 nitrogen and oxygen atoms in total. The Morgan fingerprint density at radius 2 is 1.91 bits per heavy atom. The number of urea groups is 1. The summed E-state index contributed by atoms with van der Waals surface area (Å²) in [7, 11) is 0. The van der Waals surface area contributed by atoms with Crippen molar-refractivity contribution in [2.45, 2.75) is 40.2 Å². The molecule has 5 heteroatoms. The van der Waals surface area contributed by atoms with Gasteiger partial charge in [0, 0.05) is 23.5 Å². The summed E-state index contributed by atoms with van der Waals surface area (Å²) in [5.41, 5.74) is 3.40. The van der Waals surface area contributed by atoms with Crippen LogP contribution in [0.1, 0.15) is 37.7 Å². The van der Waals surface area contributed by atoms with Gasteiger partial charge in [-0.15, -0.1) is 6.58 Å². The second-order valence-electron chi connectivity index (χ2n) is 6.53. The van der Waals surface area contributed by atoms with Crippen molar-refractivity contribution in [3.05, 3.63) is 41.4 Å². The van der Waals surface area contributed by atoms with E-state index in [4.69, 9.17) is 0 Å². The summed E-state index contributed by atoms with van der Waals surface area (Å²) >= 11 is 0. The van der Waals surface area contributed by atoms with Crippen LogP contribution >= 0.6 is 0 Å². The lowest BCUT2D eigenvalue weighted by molar-refractivity contribution is -0.122. The van der Waals surface area contributed by atoms with Crippen LogP contribution in [0, 0.1) is 13.8 Å². The number of aryl methyl sites for hydroxylation is 1. The molecule has 1 aliphatic rings. The van der Waals surface area contributed by atoms with Gasteiger partial charge in [0.25, 0.3) is 5.91 Å². The van der Waals surface area contributed by atoms with Gasteiger partial charge in [0.15, 0.2) is 0 Å². The summed E-state index contributed by atoms with van der Waals surface area (Å²) in [6.45, 7) is 14.2. The van der Waals surface area contributed by atoms with Gasteiger partial charge in [-0.25, -0.2) is 4.79 Å². The second kappa shape index (κ2) is 5.48. The standard InChI is InChI=1S/C17H23N3O2/c1-7-8-19-15(21)14(18-16(19)22)10-13-9-11(2)20(12(13)3)17(4,5)6/h7,9-10H,1,8H2,2-6H3,(H,18,22)/b14-10+. The van der Waals surface area contributed by atoms with Gasteiger partial charge in [-0.3, -0.25) is 9.69 Å². The molecule has 118 valence electrons. The fraction of sp³-hybridized carbons (Fsp3) is 0.412.